The Hall–Kier alpha value is -0.870. The van der Waals surface area contributed by atoms with Gasteiger partial charge >= 0.3 is 0 Å². The Kier molecular flexibility index (Phi) is 3.96. The van der Waals surface area contributed by atoms with E-state index in [-0.39, 0.29) is 10.7 Å². The van der Waals surface area contributed by atoms with Crippen LogP contribution in [0.3, 0.4) is 0 Å². The van der Waals surface area contributed by atoms with Crippen molar-refractivity contribution in [3.05, 3.63) is 35.9 Å². The second-order valence-corrected chi connectivity index (χ2v) is 4.63. The molecule has 1 saturated heterocycles. The minimum Gasteiger partial charge on any atom is -0.378 e. The summed E-state index contributed by atoms with van der Waals surface area (Å²) in [5.41, 5.74) is 0.999. The van der Waals surface area contributed by atoms with Gasteiger partial charge in [0.05, 0.1) is 13.2 Å². The van der Waals surface area contributed by atoms with Crippen LogP contribution < -0.4 is 0 Å². The largest absolute Gasteiger partial charge is 0.378 e. The second-order valence-electron chi connectivity index (χ2n) is 3.71. The molecule has 1 heterocycles. The summed E-state index contributed by atoms with van der Waals surface area (Å²) in [5, 5.41) is 0. The summed E-state index contributed by atoms with van der Waals surface area (Å²) in [5.74, 6) is 0.120. The fourth-order valence-electron chi connectivity index (χ4n) is 1.71. The molecule has 4 heteroatoms. The molecule has 0 bridgehead atoms. The molecular formula is C12H14BrNO2. The van der Waals surface area contributed by atoms with Gasteiger partial charge in [-0.2, -0.15) is 0 Å². The molecule has 16 heavy (non-hydrogen) atoms. The number of hydrogen-bond acceptors (Lipinski definition) is 2. The zero-order chi connectivity index (χ0) is 11.4. The van der Waals surface area contributed by atoms with E-state index in [0.717, 1.165) is 5.56 Å². The lowest BCUT2D eigenvalue weighted by Crippen LogP contribution is -2.42. The summed E-state index contributed by atoms with van der Waals surface area (Å²) in [4.78, 5) is 13.7. The number of alkyl halides is 1. The molecule has 1 atom stereocenters. The summed E-state index contributed by atoms with van der Waals surface area (Å²) in [6.45, 7) is 2.65. The van der Waals surface area contributed by atoms with Crippen LogP contribution in [0.1, 0.15) is 10.4 Å². The summed E-state index contributed by atoms with van der Waals surface area (Å²) in [6, 6.07) is 9.74. The number of halogens is 1. The lowest BCUT2D eigenvalue weighted by Gasteiger charge is -2.28. The van der Waals surface area contributed by atoms with Gasteiger partial charge in [0.25, 0.3) is 0 Å². The van der Waals surface area contributed by atoms with Gasteiger partial charge in [-0.05, 0) is 5.56 Å². The predicted molar refractivity (Wildman–Crippen MR) is 65.5 cm³/mol. The van der Waals surface area contributed by atoms with Crippen LogP contribution in [0.4, 0.5) is 0 Å². The number of carbonyl (C=O) groups excluding carboxylic acids is 1. The van der Waals surface area contributed by atoms with Gasteiger partial charge < -0.3 is 9.64 Å². The molecule has 1 aliphatic heterocycles. The third-order valence-corrected chi connectivity index (χ3v) is 3.55. The van der Waals surface area contributed by atoms with E-state index in [9.17, 15) is 4.79 Å². The predicted octanol–water partition coefficient (Wildman–Crippen LogP) is 1.98. The van der Waals surface area contributed by atoms with Crippen molar-refractivity contribution >= 4 is 21.8 Å². The number of amides is 1. The van der Waals surface area contributed by atoms with Crippen LogP contribution >= 0.6 is 15.9 Å². The van der Waals surface area contributed by atoms with E-state index in [1.807, 2.05) is 35.2 Å². The molecule has 0 spiro atoms. The fraction of sp³-hybridized carbons (Fsp3) is 0.417. The van der Waals surface area contributed by atoms with Crippen LogP contribution in [0.25, 0.3) is 0 Å². The number of morpholine rings is 1. The van der Waals surface area contributed by atoms with E-state index >= 15 is 0 Å². The van der Waals surface area contributed by atoms with Crippen molar-refractivity contribution in [3.63, 3.8) is 0 Å². The van der Waals surface area contributed by atoms with Gasteiger partial charge in [0.2, 0.25) is 5.91 Å². The van der Waals surface area contributed by atoms with Crippen molar-refractivity contribution < 1.29 is 9.53 Å². The van der Waals surface area contributed by atoms with Crippen molar-refractivity contribution in [1.82, 2.24) is 4.90 Å². The van der Waals surface area contributed by atoms with Gasteiger partial charge in [-0.15, -0.1) is 0 Å². The quantitative estimate of drug-likeness (QED) is 0.777. The first-order chi connectivity index (χ1) is 7.79. The normalized spacial score (nSPS) is 18.2. The van der Waals surface area contributed by atoms with Crippen LogP contribution in [0.15, 0.2) is 30.3 Å². The maximum Gasteiger partial charge on any atom is 0.241 e. The van der Waals surface area contributed by atoms with Crippen LogP contribution in [0, 0.1) is 0 Å². The number of nitrogens with zero attached hydrogens (tertiary/aromatic N) is 1. The minimum absolute atomic E-state index is 0.120. The smallest absolute Gasteiger partial charge is 0.241 e. The highest BCUT2D eigenvalue weighted by Crippen LogP contribution is 2.25. The molecule has 2 rings (SSSR count). The van der Waals surface area contributed by atoms with Gasteiger partial charge in [-0.3, -0.25) is 4.79 Å². The zero-order valence-electron chi connectivity index (χ0n) is 8.93. The van der Waals surface area contributed by atoms with Gasteiger partial charge in [-0.1, -0.05) is 46.3 Å². The SMILES string of the molecule is O=C(C(Br)c1ccccc1)N1CCOCC1. The Labute approximate surface area is 104 Å². The molecule has 3 nitrogen and oxygen atoms in total. The topological polar surface area (TPSA) is 29.5 Å². The highest BCUT2D eigenvalue weighted by molar-refractivity contribution is 9.09. The molecule has 1 aromatic carbocycles. The van der Waals surface area contributed by atoms with Crippen LogP contribution in [-0.2, 0) is 9.53 Å². The highest BCUT2D eigenvalue weighted by Gasteiger charge is 2.24. The second kappa shape index (κ2) is 5.46. The molecule has 1 aliphatic rings. The van der Waals surface area contributed by atoms with Gasteiger partial charge in [0.15, 0.2) is 0 Å². The third kappa shape index (κ3) is 2.62. The van der Waals surface area contributed by atoms with Crippen molar-refractivity contribution in [2.24, 2.45) is 0 Å². The summed E-state index contributed by atoms with van der Waals surface area (Å²) >= 11 is 3.45. The van der Waals surface area contributed by atoms with E-state index < -0.39 is 0 Å². The van der Waals surface area contributed by atoms with Gasteiger partial charge in [0.1, 0.15) is 4.83 Å². The van der Waals surface area contributed by atoms with E-state index in [0.29, 0.717) is 26.3 Å². The number of benzene rings is 1. The molecule has 86 valence electrons. The van der Waals surface area contributed by atoms with Crippen LogP contribution in [0.2, 0.25) is 0 Å². The molecule has 0 saturated carbocycles. The summed E-state index contributed by atoms with van der Waals surface area (Å²) in [6.07, 6.45) is 0. The summed E-state index contributed by atoms with van der Waals surface area (Å²) in [7, 11) is 0. The Morgan fingerprint density at radius 3 is 2.50 bits per heavy atom. The standard InChI is InChI=1S/C12H14BrNO2/c13-11(10-4-2-1-3-5-10)12(15)14-6-8-16-9-7-14/h1-5,11H,6-9H2. The van der Waals surface area contributed by atoms with Crippen molar-refractivity contribution in [2.45, 2.75) is 4.83 Å². The number of ether oxygens (including phenoxy) is 1. The Balaban J connectivity index is 2.04. The molecule has 1 fully saturated rings. The first-order valence-corrected chi connectivity index (χ1v) is 6.26. The molecule has 1 aromatic rings. The van der Waals surface area contributed by atoms with Gasteiger partial charge in [0, 0.05) is 13.1 Å². The van der Waals surface area contributed by atoms with E-state index in [2.05, 4.69) is 15.9 Å². The van der Waals surface area contributed by atoms with Crippen molar-refractivity contribution in [3.8, 4) is 0 Å². The molecule has 1 unspecified atom stereocenters. The number of carbonyl (C=O) groups is 1. The first-order valence-electron chi connectivity index (χ1n) is 5.34. The Bertz CT molecular complexity index is 349. The lowest BCUT2D eigenvalue weighted by molar-refractivity contribution is -0.134. The first kappa shape index (κ1) is 11.6. The highest BCUT2D eigenvalue weighted by atomic mass is 79.9. The van der Waals surface area contributed by atoms with E-state index in [1.165, 1.54) is 0 Å². The Morgan fingerprint density at radius 2 is 1.88 bits per heavy atom. The van der Waals surface area contributed by atoms with E-state index in [4.69, 9.17) is 4.74 Å². The average molecular weight is 284 g/mol. The minimum atomic E-state index is -0.244. The molecule has 1 amide bonds. The molecule has 0 aliphatic carbocycles. The maximum atomic E-state index is 12.1. The maximum absolute atomic E-state index is 12.1. The fourth-order valence-corrected chi connectivity index (χ4v) is 2.30. The lowest BCUT2D eigenvalue weighted by atomic mass is 10.1. The Morgan fingerprint density at radius 1 is 1.25 bits per heavy atom. The van der Waals surface area contributed by atoms with Crippen LogP contribution in [0.5, 0.6) is 0 Å². The molecular weight excluding hydrogens is 270 g/mol. The summed E-state index contributed by atoms with van der Waals surface area (Å²) < 4.78 is 5.23. The molecule has 0 radical (unpaired) electrons. The number of hydrogen-bond donors (Lipinski definition) is 0. The van der Waals surface area contributed by atoms with Gasteiger partial charge in [-0.25, -0.2) is 0 Å². The van der Waals surface area contributed by atoms with Crippen LogP contribution in [-0.4, -0.2) is 37.1 Å². The monoisotopic (exact) mass is 283 g/mol. The molecule has 0 aromatic heterocycles. The van der Waals surface area contributed by atoms with E-state index in [1.54, 1.807) is 0 Å². The average Bonchev–Trinajstić information content (AvgIpc) is 2.39. The van der Waals surface area contributed by atoms with Crippen molar-refractivity contribution in [1.29, 1.82) is 0 Å². The molecule has 0 N–H and O–H groups in total. The third-order valence-electron chi connectivity index (χ3n) is 2.63. The number of rotatable bonds is 2. The van der Waals surface area contributed by atoms with Crippen molar-refractivity contribution in [2.75, 3.05) is 26.3 Å². The zero-order valence-corrected chi connectivity index (χ0v) is 10.5.